The van der Waals surface area contributed by atoms with Crippen molar-refractivity contribution in [2.75, 3.05) is 6.61 Å². The maximum atomic E-state index is 12.1. The standard InChI is InChI=1S/C12H17F3NO4S2/c13-12(14,15)21(17)16-22(18,19)20-7-11-4-8-1-9(5-11)3-10(2-8)6-11/h8-10H,1-7H2/q-1. The zero-order valence-electron chi connectivity index (χ0n) is 11.7. The highest BCUT2D eigenvalue weighted by atomic mass is 32.3. The summed E-state index contributed by atoms with van der Waals surface area (Å²) in [7, 11) is -8.61. The molecule has 0 aromatic rings. The Morgan fingerprint density at radius 1 is 1.09 bits per heavy atom. The number of rotatable bonds is 5. The molecule has 10 heteroatoms. The largest absolute Gasteiger partial charge is 0.453 e. The number of hydrogen-bond donors (Lipinski definition) is 0. The van der Waals surface area contributed by atoms with E-state index in [4.69, 9.17) is 4.18 Å². The molecule has 0 aromatic carbocycles. The van der Waals surface area contributed by atoms with Crippen LogP contribution in [-0.4, -0.2) is 24.7 Å². The first-order valence-electron chi connectivity index (χ1n) is 7.18. The van der Waals surface area contributed by atoms with Gasteiger partial charge in [-0.25, -0.2) is 8.42 Å². The minimum absolute atomic E-state index is 0.155. The lowest BCUT2D eigenvalue weighted by Gasteiger charge is -2.56. The molecule has 0 aliphatic heterocycles. The molecule has 1 atom stereocenters. The summed E-state index contributed by atoms with van der Waals surface area (Å²) < 4.78 is 77.1. The number of alkyl halides is 3. The normalized spacial score (nSPS) is 39.1. The third-order valence-electron chi connectivity index (χ3n) is 5.04. The summed E-state index contributed by atoms with van der Waals surface area (Å²) >= 11 is 0. The molecule has 0 aromatic heterocycles. The summed E-state index contributed by atoms with van der Waals surface area (Å²) in [6, 6.07) is 0. The Morgan fingerprint density at radius 2 is 1.55 bits per heavy atom. The summed E-state index contributed by atoms with van der Waals surface area (Å²) in [4.78, 5) is 0. The molecular weight excluding hydrogens is 343 g/mol. The Morgan fingerprint density at radius 3 is 1.95 bits per heavy atom. The van der Waals surface area contributed by atoms with Crippen molar-refractivity contribution in [3.05, 3.63) is 4.13 Å². The Hall–Kier alpha value is -0.190. The zero-order chi connectivity index (χ0) is 16.2. The maximum absolute atomic E-state index is 12.1. The molecule has 4 fully saturated rings. The smallest absolute Gasteiger partial charge is 0.431 e. The van der Waals surface area contributed by atoms with E-state index in [0.717, 1.165) is 38.5 Å². The molecule has 4 saturated carbocycles. The lowest BCUT2D eigenvalue weighted by molar-refractivity contribution is -0.0733. The van der Waals surface area contributed by atoms with Crippen LogP contribution in [0.4, 0.5) is 13.2 Å². The molecule has 4 bridgehead atoms. The van der Waals surface area contributed by atoms with Gasteiger partial charge < -0.3 is 4.13 Å². The van der Waals surface area contributed by atoms with Gasteiger partial charge in [-0.15, -0.1) is 0 Å². The van der Waals surface area contributed by atoms with E-state index in [1.165, 1.54) is 0 Å². The van der Waals surface area contributed by atoms with Gasteiger partial charge in [0, 0.05) is 11.0 Å². The van der Waals surface area contributed by atoms with Crippen LogP contribution >= 0.6 is 0 Å². The van der Waals surface area contributed by atoms with Crippen LogP contribution in [0.1, 0.15) is 38.5 Å². The van der Waals surface area contributed by atoms with Crippen LogP contribution in [0.15, 0.2) is 0 Å². The molecular formula is C12H17F3NO4S2-. The summed E-state index contributed by atoms with van der Waals surface area (Å²) in [5.41, 5.74) is -5.46. The van der Waals surface area contributed by atoms with Crippen LogP contribution in [0.2, 0.25) is 0 Å². The minimum atomic E-state index is -5.20. The van der Waals surface area contributed by atoms with E-state index in [2.05, 4.69) is 4.13 Å². The quantitative estimate of drug-likeness (QED) is 0.755. The van der Waals surface area contributed by atoms with Crippen molar-refractivity contribution < 1.29 is 30.0 Å². The van der Waals surface area contributed by atoms with Gasteiger partial charge in [0.15, 0.2) is 10.3 Å². The third-order valence-corrected chi connectivity index (χ3v) is 7.12. The van der Waals surface area contributed by atoms with Crippen molar-refractivity contribution in [3.63, 3.8) is 0 Å². The molecule has 0 N–H and O–H groups in total. The molecule has 128 valence electrons. The molecule has 4 aliphatic carbocycles. The molecule has 0 heterocycles. The van der Waals surface area contributed by atoms with E-state index in [-0.39, 0.29) is 12.0 Å². The van der Waals surface area contributed by atoms with Gasteiger partial charge >= 0.3 is 5.51 Å². The predicted octanol–water partition coefficient (Wildman–Crippen LogP) is 3.02. The summed E-state index contributed by atoms with van der Waals surface area (Å²) in [6.07, 6.45) is 6.06. The topological polar surface area (TPSA) is 74.5 Å². The van der Waals surface area contributed by atoms with E-state index in [0.29, 0.717) is 17.8 Å². The second kappa shape index (κ2) is 5.42. The van der Waals surface area contributed by atoms with Crippen LogP contribution in [0.3, 0.4) is 0 Å². The summed E-state index contributed by atoms with van der Waals surface area (Å²) in [5.74, 6) is 1.70. The fourth-order valence-electron chi connectivity index (χ4n) is 4.81. The van der Waals surface area contributed by atoms with Crippen molar-refractivity contribution in [3.8, 4) is 0 Å². The van der Waals surface area contributed by atoms with Crippen LogP contribution in [0, 0.1) is 23.2 Å². The fraction of sp³-hybridized carbons (Fsp3) is 1.00. The third kappa shape index (κ3) is 3.49. The number of halogens is 3. The first kappa shape index (κ1) is 16.7. The van der Waals surface area contributed by atoms with Crippen LogP contribution < -0.4 is 0 Å². The highest BCUT2D eigenvalue weighted by molar-refractivity contribution is 8.07. The maximum Gasteiger partial charge on any atom is 0.453 e. The molecule has 0 radical (unpaired) electrons. The van der Waals surface area contributed by atoms with E-state index in [9.17, 15) is 25.8 Å². The Kier molecular flexibility index (Phi) is 4.11. The van der Waals surface area contributed by atoms with Gasteiger partial charge in [-0.1, -0.05) is 0 Å². The second-order valence-corrected chi connectivity index (χ2v) is 9.53. The van der Waals surface area contributed by atoms with Gasteiger partial charge in [0.05, 0.1) is 6.61 Å². The van der Waals surface area contributed by atoms with E-state index < -0.39 is 26.8 Å². The molecule has 0 amide bonds. The van der Waals surface area contributed by atoms with Gasteiger partial charge in [-0.05, 0) is 61.7 Å². The summed E-state index contributed by atoms with van der Waals surface area (Å²) in [5, 5.41) is 0. The molecule has 22 heavy (non-hydrogen) atoms. The average molecular weight is 360 g/mol. The van der Waals surface area contributed by atoms with Gasteiger partial charge in [-0.3, -0.25) is 8.39 Å². The van der Waals surface area contributed by atoms with Crippen molar-refractivity contribution in [1.29, 1.82) is 0 Å². The van der Waals surface area contributed by atoms with Crippen molar-refractivity contribution in [2.24, 2.45) is 23.2 Å². The van der Waals surface area contributed by atoms with Crippen molar-refractivity contribution in [1.82, 2.24) is 0 Å². The second-order valence-electron chi connectivity index (χ2n) is 6.88. The number of nitrogens with zero attached hydrogens (tertiary/aromatic N) is 1. The monoisotopic (exact) mass is 360 g/mol. The molecule has 4 rings (SSSR count). The molecule has 1 unspecified atom stereocenters. The SMILES string of the molecule is O=S([N-]S(=O)(=O)OCC12CC3CC(CC(C3)C1)C2)C(F)(F)F. The van der Waals surface area contributed by atoms with Crippen LogP contribution in [-0.2, 0) is 25.5 Å². The zero-order valence-corrected chi connectivity index (χ0v) is 13.3. The Bertz CT molecular complexity index is 540. The van der Waals surface area contributed by atoms with Gasteiger partial charge in [0.25, 0.3) is 0 Å². The predicted molar refractivity (Wildman–Crippen MR) is 73.0 cm³/mol. The highest BCUT2D eigenvalue weighted by Crippen LogP contribution is 2.60. The first-order valence-corrected chi connectivity index (χ1v) is 9.65. The minimum Gasteiger partial charge on any atom is -0.431 e. The highest BCUT2D eigenvalue weighted by Gasteiger charge is 2.51. The molecule has 4 aliphatic rings. The lowest BCUT2D eigenvalue weighted by Crippen LogP contribution is -2.48. The van der Waals surface area contributed by atoms with E-state index in [1.807, 2.05) is 0 Å². The van der Waals surface area contributed by atoms with Gasteiger partial charge in [0.2, 0.25) is 0 Å². The van der Waals surface area contributed by atoms with Crippen molar-refractivity contribution in [2.45, 2.75) is 44.0 Å². The van der Waals surface area contributed by atoms with Crippen LogP contribution in [0.25, 0.3) is 4.13 Å². The Balaban J connectivity index is 1.61. The molecule has 0 saturated heterocycles. The Labute approximate surface area is 129 Å². The van der Waals surface area contributed by atoms with Gasteiger partial charge in [0.1, 0.15) is 0 Å². The van der Waals surface area contributed by atoms with Crippen molar-refractivity contribution >= 4 is 21.3 Å². The first-order chi connectivity index (χ1) is 10.1. The molecule has 5 nitrogen and oxygen atoms in total. The van der Waals surface area contributed by atoms with E-state index in [1.54, 1.807) is 0 Å². The molecule has 0 spiro atoms. The number of hydrogen-bond acceptors (Lipinski definition) is 4. The van der Waals surface area contributed by atoms with E-state index >= 15 is 0 Å². The summed E-state index contributed by atoms with van der Waals surface area (Å²) in [6.45, 7) is -0.155. The fourth-order valence-corrected chi connectivity index (χ4v) is 6.39. The average Bonchev–Trinajstić information content (AvgIpc) is 2.33. The lowest BCUT2D eigenvalue weighted by atomic mass is 9.50. The van der Waals surface area contributed by atoms with Gasteiger partial charge in [-0.2, -0.15) is 13.2 Å². The van der Waals surface area contributed by atoms with Crippen LogP contribution in [0.5, 0.6) is 0 Å².